The standard InChI is InChI=1S/C20H24O7/c1-10-4-3-5-15(21)19(24)17(23)7-11-6-13(11)14-8-12(26-2)9-16(22)18(14)20(25)27-10/h3,5,8-11,13,17,19,22-24H,4,6-7H2,1-2H3/b5-3-. The first kappa shape index (κ1) is 19.4. The van der Waals surface area contributed by atoms with Gasteiger partial charge in [0.15, 0.2) is 5.78 Å². The van der Waals surface area contributed by atoms with Crippen LogP contribution in [0.1, 0.15) is 48.0 Å². The smallest absolute Gasteiger partial charge is 0.342 e. The summed E-state index contributed by atoms with van der Waals surface area (Å²) in [5.74, 6) is -1.14. The van der Waals surface area contributed by atoms with E-state index in [-0.39, 0.29) is 36.0 Å². The van der Waals surface area contributed by atoms with Crippen LogP contribution in [0.5, 0.6) is 11.5 Å². The van der Waals surface area contributed by atoms with Crippen LogP contribution in [-0.2, 0) is 9.53 Å². The third kappa shape index (κ3) is 4.14. The summed E-state index contributed by atoms with van der Waals surface area (Å²) >= 11 is 0. The zero-order chi connectivity index (χ0) is 19.7. The van der Waals surface area contributed by atoms with Gasteiger partial charge in [-0.25, -0.2) is 4.79 Å². The van der Waals surface area contributed by atoms with E-state index < -0.39 is 30.1 Å². The molecule has 1 saturated carbocycles. The maximum Gasteiger partial charge on any atom is 0.342 e. The molecule has 0 amide bonds. The van der Waals surface area contributed by atoms with Crippen LogP contribution in [0.2, 0.25) is 0 Å². The minimum atomic E-state index is -1.48. The van der Waals surface area contributed by atoms with Gasteiger partial charge in [-0.2, -0.15) is 0 Å². The van der Waals surface area contributed by atoms with Crippen LogP contribution in [0, 0.1) is 5.92 Å². The van der Waals surface area contributed by atoms with Gasteiger partial charge in [-0.15, -0.1) is 0 Å². The molecule has 1 aromatic carbocycles. The molecule has 1 aliphatic heterocycles. The van der Waals surface area contributed by atoms with E-state index in [2.05, 4.69) is 0 Å². The maximum atomic E-state index is 12.6. The SMILES string of the molecule is COc1cc(O)c2c(c1)C1CC1CC(O)C(O)C(=O)/C=C\CC(C)OC2=O. The highest BCUT2D eigenvalue weighted by molar-refractivity contribution is 5.95. The van der Waals surface area contributed by atoms with E-state index >= 15 is 0 Å². The summed E-state index contributed by atoms with van der Waals surface area (Å²) in [4.78, 5) is 24.6. The normalized spacial score (nSPS) is 32.5. The summed E-state index contributed by atoms with van der Waals surface area (Å²) in [6.07, 6.45) is 0.634. The Bertz CT molecular complexity index is 770. The predicted octanol–water partition coefficient (Wildman–Crippen LogP) is 1.69. The lowest BCUT2D eigenvalue weighted by molar-refractivity contribution is -0.128. The quantitative estimate of drug-likeness (QED) is 0.639. The van der Waals surface area contributed by atoms with Crippen molar-refractivity contribution in [2.45, 2.75) is 50.4 Å². The molecule has 5 unspecified atom stereocenters. The Hall–Kier alpha value is -2.38. The van der Waals surface area contributed by atoms with Crippen LogP contribution in [0.4, 0.5) is 0 Å². The van der Waals surface area contributed by atoms with Gasteiger partial charge >= 0.3 is 5.97 Å². The molecular weight excluding hydrogens is 352 g/mol. The first-order chi connectivity index (χ1) is 12.8. The molecule has 27 heavy (non-hydrogen) atoms. The number of methoxy groups -OCH3 is 1. The summed E-state index contributed by atoms with van der Waals surface area (Å²) in [6.45, 7) is 1.67. The second kappa shape index (κ2) is 7.70. The maximum absolute atomic E-state index is 12.6. The summed E-state index contributed by atoms with van der Waals surface area (Å²) < 4.78 is 10.6. The van der Waals surface area contributed by atoms with Gasteiger partial charge in [-0.1, -0.05) is 6.08 Å². The number of rotatable bonds is 1. The number of ketones is 1. The highest BCUT2D eigenvalue weighted by Gasteiger charge is 2.44. The lowest BCUT2D eigenvalue weighted by Crippen LogP contribution is -2.33. The number of phenolic OH excluding ortho intramolecular Hbond substituents is 1. The second-order valence-corrected chi connectivity index (χ2v) is 7.22. The van der Waals surface area contributed by atoms with Crippen LogP contribution in [0.3, 0.4) is 0 Å². The van der Waals surface area contributed by atoms with Gasteiger partial charge in [0, 0.05) is 12.5 Å². The van der Waals surface area contributed by atoms with E-state index in [0.29, 0.717) is 17.7 Å². The predicted molar refractivity (Wildman–Crippen MR) is 95.8 cm³/mol. The van der Waals surface area contributed by atoms with Crippen LogP contribution in [0.25, 0.3) is 0 Å². The second-order valence-electron chi connectivity index (χ2n) is 7.22. The molecule has 0 radical (unpaired) electrons. The summed E-state index contributed by atoms with van der Waals surface area (Å²) in [5, 5.41) is 30.6. The van der Waals surface area contributed by atoms with Gasteiger partial charge in [-0.05, 0) is 49.3 Å². The molecule has 1 aliphatic carbocycles. The Kier molecular flexibility index (Phi) is 5.53. The summed E-state index contributed by atoms with van der Waals surface area (Å²) in [7, 11) is 1.47. The van der Waals surface area contributed by atoms with E-state index in [0.717, 1.165) is 0 Å². The van der Waals surface area contributed by atoms with Gasteiger partial charge in [0.25, 0.3) is 0 Å². The number of hydrogen-bond donors (Lipinski definition) is 3. The van der Waals surface area contributed by atoms with Crippen molar-refractivity contribution in [3.8, 4) is 11.5 Å². The van der Waals surface area contributed by atoms with Crippen molar-refractivity contribution in [3.63, 3.8) is 0 Å². The number of fused-ring (bicyclic) bond motifs is 3. The number of aliphatic hydroxyl groups is 2. The topological polar surface area (TPSA) is 113 Å². The molecule has 1 fully saturated rings. The zero-order valence-corrected chi connectivity index (χ0v) is 15.3. The number of aromatic hydroxyl groups is 1. The fraction of sp³-hybridized carbons (Fsp3) is 0.500. The average Bonchev–Trinajstić information content (AvgIpc) is 3.38. The number of benzene rings is 1. The van der Waals surface area contributed by atoms with E-state index in [1.54, 1.807) is 13.0 Å². The molecule has 0 bridgehead atoms. The Morgan fingerprint density at radius 2 is 1.93 bits per heavy atom. The van der Waals surface area contributed by atoms with Gasteiger partial charge in [0.05, 0.1) is 13.2 Å². The number of phenols is 1. The van der Waals surface area contributed by atoms with E-state index in [1.807, 2.05) is 0 Å². The Labute approximate surface area is 157 Å². The number of ether oxygens (including phenoxy) is 2. The summed E-state index contributed by atoms with van der Waals surface area (Å²) in [5.41, 5.74) is 0.692. The molecule has 146 valence electrons. The van der Waals surface area contributed by atoms with E-state index in [1.165, 1.54) is 25.3 Å². The largest absolute Gasteiger partial charge is 0.507 e. The van der Waals surface area contributed by atoms with Crippen LogP contribution in [0.15, 0.2) is 24.3 Å². The Morgan fingerprint density at radius 3 is 2.63 bits per heavy atom. The van der Waals surface area contributed by atoms with Crippen molar-refractivity contribution >= 4 is 11.8 Å². The molecule has 0 aromatic heterocycles. The molecule has 0 spiro atoms. The molecule has 7 nitrogen and oxygen atoms in total. The first-order valence-electron chi connectivity index (χ1n) is 9.00. The number of cyclic esters (lactones) is 1. The molecule has 1 heterocycles. The third-order valence-corrected chi connectivity index (χ3v) is 5.14. The number of carbonyl (C=O) groups is 2. The third-order valence-electron chi connectivity index (χ3n) is 5.14. The molecule has 3 rings (SSSR count). The lowest BCUT2D eigenvalue weighted by Gasteiger charge is -2.18. The molecular formula is C20H24O7. The van der Waals surface area contributed by atoms with E-state index in [4.69, 9.17) is 9.47 Å². The highest BCUT2D eigenvalue weighted by atomic mass is 16.5. The van der Waals surface area contributed by atoms with Crippen LogP contribution < -0.4 is 4.74 Å². The fourth-order valence-corrected chi connectivity index (χ4v) is 3.54. The van der Waals surface area contributed by atoms with Gasteiger partial charge in [0.2, 0.25) is 0 Å². The molecule has 0 saturated heterocycles. The Balaban J connectivity index is 1.98. The van der Waals surface area contributed by atoms with Gasteiger partial charge in [-0.3, -0.25) is 4.79 Å². The van der Waals surface area contributed by atoms with Crippen molar-refractivity contribution in [2.75, 3.05) is 7.11 Å². The lowest BCUT2D eigenvalue weighted by atomic mass is 9.97. The zero-order valence-electron chi connectivity index (χ0n) is 15.3. The molecule has 5 atom stereocenters. The first-order valence-corrected chi connectivity index (χ1v) is 9.00. The monoisotopic (exact) mass is 376 g/mol. The van der Waals surface area contributed by atoms with Crippen molar-refractivity contribution in [1.82, 2.24) is 0 Å². The van der Waals surface area contributed by atoms with Crippen molar-refractivity contribution < 1.29 is 34.4 Å². The van der Waals surface area contributed by atoms with Crippen molar-refractivity contribution in [3.05, 3.63) is 35.4 Å². The Morgan fingerprint density at radius 1 is 1.19 bits per heavy atom. The highest BCUT2D eigenvalue weighted by Crippen LogP contribution is 2.53. The molecule has 7 heteroatoms. The van der Waals surface area contributed by atoms with Gasteiger partial charge in [0.1, 0.15) is 29.3 Å². The van der Waals surface area contributed by atoms with Crippen molar-refractivity contribution in [1.29, 1.82) is 0 Å². The number of aliphatic hydroxyl groups excluding tert-OH is 2. The van der Waals surface area contributed by atoms with Crippen LogP contribution >= 0.6 is 0 Å². The number of carbonyl (C=O) groups excluding carboxylic acids is 2. The van der Waals surface area contributed by atoms with Crippen LogP contribution in [-0.4, -0.2) is 52.5 Å². The molecule has 1 aromatic rings. The van der Waals surface area contributed by atoms with Crippen molar-refractivity contribution in [2.24, 2.45) is 5.92 Å². The molecule has 3 N–H and O–H groups in total. The van der Waals surface area contributed by atoms with E-state index in [9.17, 15) is 24.9 Å². The minimum Gasteiger partial charge on any atom is -0.507 e. The fourth-order valence-electron chi connectivity index (χ4n) is 3.54. The number of esters is 1. The van der Waals surface area contributed by atoms with Gasteiger partial charge < -0.3 is 24.8 Å². The average molecular weight is 376 g/mol. The minimum absolute atomic E-state index is 0.0233. The summed E-state index contributed by atoms with van der Waals surface area (Å²) in [6, 6.07) is 3.05. The number of hydrogen-bond acceptors (Lipinski definition) is 7. The molecule has 2 aliphatic rings.